The maximum Gasteiger partial charge on any atom is 0.277 e. The molecule has 2 aromatic rings. The fourth-order valence-corrected chi connectivity index (χ4v) is 4.17. The van der Waals surface area contributed by atoms with Crippen LogP contribution in [-0.2, 0) is 14.4 Å². The minimum absolute atomic E-state index is 0.174. The van der Waals surface area contributed by atoms with Crippen LogP contribution >= 0.6 is 0 Å². The Morgan fingerprint density at radius 1 is 0.879 bits per heavy atom. The quantitative estimate of drug-likeness (QED) is 0.663. The second-order valence-electron chi connectivity index (χ2n) is 8.27. The third-order valence-corrected chi connectivity index (χ3v) is 6.10. The van der Waals surface area contributed by atoms with Crippen LogP contribution in [0.1, 0.15) is 19.4 Å². The molecule has 2 aliphatic heterocycles. The van der Waals surface area contributed by atoms with Gasteiger partial charge in [0, 0.05) is 57.2 Å². The van der Waals surface area contributed by atoms with E-state index in [1.165, 1.54) is 14.0 Å². The Bertz CT molecular complexity index is 1080. The van der Waals surface area contributed by atoms with Crippen molar-refractivity contribution in [2.24, 2.45) is 0 Å². The summed E-state index contributed by atoms with van der Waals surface area (Å²) in [6.45, 7) is 8.77. The predicted molar refractivity (Wildman–Crippen MR) is 130 cm³/mol. The van der Waals surface area contributed by atoms with Crippen molar-refractivity contribution >= 4 is 40.4 Å². The Kier molecular flexibility index (Phi) is 6.46. The third-order valence-electron chi connectivity index (χ3n) is 6.10. The summed E-state index contributed by atoms with van der Waals surface area (Å²) in [6, 6.07) is 14.8. The van der Waals surface area contributed by atoms with Crippen molar-refractivity contribution < 1.29 is 14.4 Å². The van der Waals surface area contributed by atoms with Gasteiger partial charge in [0.2, 0.25) is 5.91 Å². The van der Waals surface area contributed by atoms with Gasteiger partial charge in [-0.25, -0.2) is 0 Å². The van der Waals surface area contributed by atoms with E-state index < -0.39 is 0 Å². The number of hydrogen-bond acceptors (Lipinski definition) is 6. The van der Waals surface area contributed by atoms with Crippen LogP contribution in [0.25, 0.3) is 5.57 Å². The Morgan fingerprint density at radius 2 is 1.48 bits per heavy atom. The zero-order valence-corrected chi connectivity index (χ0v) is 19.2. The van der Waals surface area contributed by atoms with E-state index in [1.807, 2.05) is 24.3 Å². The molecule has 0 aliphatic carbocycles. The van der Waals surface area contributed by atoms with E-state index in [-0.39, 0.29) is 23.4 Å². The zero-order valence-electron chi connectivity index (χ0n) is 19.2. The van der Waals surface area contributed by atoms with Crippen LogP contribution in [0.3, 0.4) is 0 Å². The molecular weight excluding hydrogens is 418 g/mol. The van der Waals surface area contributed by atoms with Crippen molar-refractivity contribution in [1.82, 2.24) is 9.80 Å². The number of carbonyl (C=O) groups excluding carboxylic acids is 3. The molecule has 1 saturated heterocycles. The van der Waals surface area contributed by atoms with Crippen molar-refractivity contribution in [2.45, 2.75) is 13.8 Å². The Balaban J connectivity index is 1.55. The number of nitrogens with zero attached hydrogens (tertiary/aromatic N) is 3. The minimum atomic E-state index is -0.374. The highest BCUT2D eigenvalue weighted by Gasteiger charge is 2.36. The van der Waals surface area contributed by atoms with Gasteiger partial charge in [-0.3, -0.25) is 19.3 Å². The first kappa shape index (κ1) is 22.5. The van der Waals surface area contributed by atoms with Crippen LogP contribution in [0.15, 0.2) is 54.2 Å². The highest BCUT2D eigenvalue weighted by Crippen LogP contribution is 2.31. The van der Waals surface area contributed by atoms with Gasteiger partial charge < -0.3 is 20.4 Å². The normalized spacial score (nSPS) is 17.1. The number of imide groups is 1. The summed E-state index contributed by atoms with van der Waals surface area (Å²) in [5.74, 6) is -0.909. The van der Waals surface area contributed by atoms with Crippen LogP contribution in [0.4, 0.5) is 17.1 Å². The molecule has 0 unspecified atom stereocenters. The van der Waals surface area contributed by atoms with Crippen molar-refractivity contribution in [1.29, 1.82) is 0 Å². The summed E-state index contributed by atoms with van der Waals surface area (Å²) in [4.78, 5) is 42.8. The van der Waals surface area contributed by atoms with Crippen molar-refractivity contribution in [3.63, 3.8) is 0 Å². The largest absolute Gasteiger partial charge is 0.369 e. The topological polar surface area (TPSA) is 85.0 Å². The molecule has 172 valence electrons. The lowest BCUT2D eigenvalue weighted by molar-refractivity contribution is -0.135. The van der Waals surface area contributed by atoms with Crippen molar-refractivity contribution in [3.05, 3.63) is 59.8 Å². The predicted octanol–water partition coefficient (Wildman–Crippen LogP) is 2.61. The fourth-order valence-electron chi connectivity index (χ4n) is 4.17. The summed E-state index contributed by atoms with van der Waals surface area (Å²) in [6.07, 6.45) is 0. The molecule has 0 saturated carbocycles. The molecule has 8 heteroatoms. The number of benzene rings is 2. The van der Waals surface area contributed by atoms with Gasteiger partial charge in [0.15, 0.2) is 0 Å². The van der Waals surface area contributed by atoms with Gasteiger partial charge in [-0.2, -0.15) is 0 Å². The molecule has 0 radical (unpaired) electrons. The summed E-state index contributed by atoms with van der Waals surface area (Å²) < 4.78 is 0. The van der Waals surface area contributed by atoms with E-state index in [2.05, 4.69) is 27.4 Å². The molecule has 33 heavy (non-hydrogen) atoms. The van der Waals surface area contributed by atoms with Gasteiger partial charge >= 0.3 is 0 Å². The van der Waals surface area contributed by atoms with E-state index in [1.54, 1.807) is 24.3 Å². The Hall–Kier alpha value is -3.65. The summed E-state index contributed by atoms with van der Waals surface area (Å²) in [5.41, 5.74) is 3.69. The van der Waals surface area contributed by atoms with Crippen LogP contribution in [0.2, 0.25) is 0 Å². The summed E-state index contributed by atoms with van der Waals surface area (Å²) >= 11 is 0. The fraction of sp³-hybridized carbons (Fsp3) is 0.320. The van der Waals surface area contributed by atoms with E-state index in [4.69, 9.17) is 0 Å². The van der Waals surface area contributed by atoms with Crippen LogP contribution in [-0.4, -0.2) is 67.3 Å². The lowest BCUT2D eigenvalue weighted by Gasteiger charge is -2.35. The molecule has 1 fully saturated rings. The van der Waals surface area contributed by atoms with Crippen LogP contribution in [0.5, 0.6) is 0 Å². The molecule has 8 nitrogen and oxygen atoms in total. The van der Waals surface area contributed by atoms with Crippen LogP contribution in [0, 0.1) is 0 Å². The maximum atomic E-state index is 12.8. The number of rotatable bonds is 6. The van der Waals surface area contributed by atoms with Gasteiger partial charge in [0.25, 0.3) is 11.8 Å². The molecule has 2 N–H and O–H groups in total. The van der Waals surface area contributed by atoms with Crippen molar-refractivity contribution in [2.75, 3.05) is 55.3 Å². The van der Waals surface area contributed by atoms with Crippen molar-refractivity contribution in [3.8, 4) is 0 Å². The molecule has 0 bridgehead atoms. The second kappa shape index (κ2) is 9.46. The molecular formula is C25H29N5O3. The zero-order chi connectivity index (χ0) is 23.5. The standard InChI is InChI=1S/C25H29N5O3/c1-4-29-13-15-30(16-14-29)21-11-9-20(10-12-21)27-23-22(24(32)28(3)25(23)33)18-5-7-19(8-6-18)26-17(2)31/h5-12,27H,4,13-16H2,1-3H3,(H,26,31). The SMILES string of the molecule is CCN1CCN(c2ccc(NC3=C(c4ccc(NC(C)=O)cc4)C(=O)N(C)C3=O)cc2)CC1. The highest BCUT2D eigenvalue weighted by atomic mass is 16.2. The number of anilines is 3. The first-order valence-corrected chi connectivity index (χ1v) is 11.2. The van der Waals surface area contributed by atoms with E-state index in [0.29, 0.717) is 16.8 Å². The number of carbonyl (C=O) groups is 3. The van der Waals surface area contributed by atoms with Gasteiger partial charge in [0.05, 0.1) is 5.57 Å². The maximum absolute atomic E-state index is 12.8. The third kappa shape index (κ3) is 4.75. The molecule has 4 rings (SSSR count). The average molecular weight is 448 g/mol. The summed E-state index contributed by atoms with van der Waals surface area (Å²) in [5, 5.41) is 5.87. The highest BCUT2D eigenvalue weighted by molar-refractivity contribution is 6.36. The van der Waals surface area contributed by atoms with Gasteiger partial charge in [0.1, 0.15) is 5.70 Å². The molecule has 2 aromatic carbocycles. The lowest BCUT2D eigenvalue weighted by atomic mass is 10.0. The smallest absolute Gasteiger partial charge is 0.277 e. The number of hydrogen-bond donors (Lipinski definition) is 2. The number of amides is 3. The minimum Gasteiger partial charge on any atom is -0.369 e. The van der Waals surface area contributed by atoms with Gasteiger partial charge in [-0.15, -0.1) is 0 Å². The van der Waals surface area contributed by atoms with E-state index in [9.17, 15) is 14.4 Å². The second-order valence-corrected chi connectivity index (χ2v) is 8.27. The molecule has 0 atom stereocenters. The number of likely N-dealkylation sites (N-methyl/N-ethyl adjacent to an activating group) is 2. The summed E-state index contributed by atoms with van der Waals surface area (Å²) in [7, 11) is 1.48. The Morgan fingerprint density at radius 3 is 2.06 bits per heavy atom. The molecule has 3 amide bonds. The van der Waals surface area contributed by atoms with Crippen LogP contribution < -0.4 is 15.5 Å². The first-order valence-electron chi connectivity index (χ1n) is 11.2. The van der Waals surface area contributed by atoms with Gasteiger partial charge in [-0.05, 0) is 48.5 Å². The molecule has 2 heterocycles. The molecule has 2 aliphatic rings. The van der Waals surface area contributed by atoms with E-state index in [0.717, 1.165) is 49.0 Å². The number of nitrogens with one attached hydrogen (secondary N) is 2. The average Bonchev–Trinajstić information content (AvgIpc) is 3.03. The molecule has 0 spiro atoms. The van der Waals surface area contributed by atoms with Gasteiger partial charge in [-0.1, -0.05) is 19.1 Å². The Labute approximate surface area is 193 Å². The monoisotopic (exact) mass is 447 g/mol. The van der Waals surface area contributed by atoms with E-state index >= 15 is 0 Å². The lowest BCUT2D eigenvalue weighted by Crippen LogP contribution is -2.46. The first-order chi connectivity index (χ1) is 15.9. The number of piperazine rings is 1. The molecule has 0 aromatic heterocycles.